The lowest BCUT2D eigenvalue weighted by Crippen LogP contribution is -2.05. The van der Waals surface area contributed by atoms with E-state index in [1.54, 1.807) is 6.07 Å². The first-order chi connectivity index (χ1) is 8.26. The van der Waals surface area contributed by atoms with Crippen LogP contribution in [0.25, 0.3) is 11.3 Å². The van der Waals surface area contributed by atoms with Gasteiger partial charge in [0, 0.05) is 5.56 Å². The fourth-order valence-electron chi connectivity index (χ4n) is 1.61. The van der Waals surface area contributed by atoms with E-state index in [2.05, 4.69) is 4.74 Å². The molecule has 2 N–H and O–H groups in total. The summed E-state index contributed by atoms with van der Waals surface area (Å²) >= 11 is 0. The Labute approximate surface area is 99.0 Å². The number of hydrogen-bond donors (Lipinski definition) is 1. The van der Waals surface area contributed by atoms with Crippen LogP contribution in [0.2, 0.25) is 0 Å². The van der Waals surface area contributed by atoms with E-state index in [1.807, 2.05) is 30.3 Å². The van der Waals surface area contributed by atoms with Gasteiger partial charge in [-0.05, 0) is 6.07 Å². The van der Waals surface area contributed by atoms with Gasteiger partial charge in [0.15, 0.2) is 0 Å². The van der Waals surface area contributed by atoms with Crippen molar-refractivity contribution in [3.63, 3.8) is 0 Å². The molecular formula is C13H13NO3. The Hall–Kier alpha value is -2.07. The zero-order valence-corrected chi connectivity index (χ0v) is 9.47. The number of rotatable bonds is 3. The molecule has 0 radical (unpaired) electrons. The minimum Gasteiger partial charge on any atom is -0.465 e. The fraction of sp³-hybridized carbons (Fsp3) is 0.154. The fourth-order valence-corrected chi connectivity index (χ4v) is 1.61. The van der Waals surface area contributed by atoms with Crippen LogP contribution >= 0.6 is 0 Å². The van der Waals surface area contributed by atoms with Crippen molar-refractivity contribution in [1.82, 2.24) is 0 Å². The van der Waals surface area contributed by atoms with Crippen molar-refractivity contribution < 1.29 is 13.9 Å². The molecule has 0 amide bonds. The quantitative estimate of drug-likeness (QED) is 0.822. The number of ether oxygens (including phenoxy) is 1. The molecule has 0 aliphatic heterocycles. The van der Waals surface area contributed by atoms with Crippen LogP contribution in [0, 0.1) is 0 Å². The molecule has 0 fully saturated rings. The number of benzene rings is 1. The Morgan fingerprint density at radius 2 is 2.06 bits per heavy atom. The van der Waals surface area contributed by atoms with Crippen molar-refractivity contribution in [3.05, 3.63) is 47.7 Å². The van der Waals surface area contributed by atoms with Crippen LogP contribution in [-0.4, -0.2) is 13.1 Å². The van der Waals surface area contributed by atoms with E-state index in [0.717, 1.165) is 5.56 Å². The SMILES string of the molecule is COC(=O)c1cc(-c2ccccc2)oc1CN. The summed E-state index contributed by atoms with van der Waals surface area (Å²) in [6.45, 7) is 0.164. The Morgan fingerprint density at radius 3 is 2.65 bits per heavy atom. The molecule has 88 valence electrons. The van der Waals surface area contributed by atoms with Gasteiger partial charge in [-0.15, -0.1) is 0 Å². The first-order valence-electron chi connectivity index (χ1n) is 5.22. The zero-order valence-electron chi connectivity index (χ0n) is 9.47. The summed E-state index contributed by atoms with van der Waals surface area (Å²) < 4.78 is 10.2. The molecular weight excluding hydrogens is 218 g/mol. The molecule has 1 aromatic carbocycles. The summed E-state index contributed by atoms with van der Waals surface area (Å²) in [5, 5.41) is 0. The number of carbonyl (C=O) groups is 1. The van der Waals surface area contributed by atoms with Crippen LogP contribution in [0.15, 0.2) is 40.8 Å². The number of methoxy groups -OCH3 is 1. The van der Waals surface area contributed by atoms with Crippen LogP contribution in [0.5, 0.6) is 0 Å². The molecule has 0 aliphatic carbocycles. The van der Waals surface area contributed by atoms with Gasteiger partial charge in [-0.25, -0.2) is 4.79 Å². The lowest BCUT2D eigenvalue weighted by molar-refractivity contribution is 0.0598. The molecule has 0 spiro atoms. The molecule has 0 atom stereocenters. The second-order valence-corrected chi connectivity index (χ2v) is 3.51. The predicted molar refractivity (Wildman–Crippen MR) is 63.4 cm³/mol. The standard InChI is InChI=1S/C13H13NO3/c1-16-13(15)10-7-11(17-12(10)8-14)9-5-3-2-4-6-9/h2-7H,8,14H2,1H3. The second kappa shape index (κ2) is 4.84. The molecule has 0 saturated heterocycles. The highest BCUT2D eigenvalue weighted by Crippen LogP contribution is 2.25. The van der Waals surface area contributed by atoms with Crippen molar-refractivity contribution in [1.29, 1.82) is 0 Å². The summed E-state index contributed by atoms with van der Waals surface area (Å²) in [5.74, 6) is 0.624. The minimum atomic E-state index is -0.434. The summed E-state index contributed by atoms with van der Waals surface area (Å²) in [7, 11) is 1.33. The lowest BCUT2D eigenvalue weighted by atomic mass is 10.1. The molecule has 0 aliphatic rings. The molecule has 4 heteroatoms. The van der Waals surface area contributed by atoms with Gasteiger partial charge in [0.1, 0.15) is 17.1 Å². The number of esters is 1. The molecule has 17 heavy (non-hydrogen) atoms. The average Bonchev–Trinajstić information content (AvgIpc) is 2.83. The topological polar surface area (TPSA) is 65.5 Å². The van der Waals surface area contributed by atoms with Crippen molar-refractivity contribution >= 4 is 5.97 Å². The van der Waals surface area contributed by atoms with Crippen LogP contribution in [-0.2, 0) is 11.3 Å². The number of nitrogens with two attached hydrogens (primary N) is 1. The Kier molecular flexibility index (Phi) is 3.25. The molecule has 4 nitrogen and oxygen atoms in total. The van der Waals surface area contributed by atoms with Crippen LogP contribution in [0.4, 0.5) is 0 Å². The molecule has 1 heterocycles. The third-order valence-corrected chi connectivity index (χ3v) is 2.46. The van der Waals surface area contributed by atoms with Crippen LogP contribution < -0.4 is 5.73 Å². The van der Waals surface area contributed by atoms with Gasteiger partial charge in [-0.3, -0.25) is 0 Å². The number of furan rings is 1. The van der Waals surface area contributed by atoms with E-state index in [9.17, 15) is 4.79 Å². The molecule has 0 saturated carbocycles. The largest absolute Gasteiger partial charge is 0.465 e. The maximum atomic E-state index is 11.5. The van der Waals surface area contributed by atoms with Crippen LogP contribution in [0.3, 0.4) is 0 Å². The average molecular weight is 231 g/mol. The Bertz CT molecular complexity index is 517. The normalized spacial score (nSPS) is 10.2. The maximum absolute atomic E-state index is 11.5. The van der Waals surface area contributed by atoms with Gasteiger partial charge in [0.25, 0.3) is 0 Å². The maximum Gasteiger partial charge on any atom is 0.341 e. The van der Waals surface area contributed by atoms with E-state index in [4.69, 9.17) is 10.2 Å². The van der Waals surface area contributed by atoms with Gasteiger partial charge in [0.05, 0.1) is 13.7 Å². The van der Waals surface area contributed by atoms with E-state index in [-0.39, 0.29) is 6.54 Å². The van der Waals surface area contributed by atoms with Crippen molar-refractivity contribution in [2.45, 2.75) is 6.54 Å². The van der Waals surface area contributed by atoms with Gasteiger partial charge in [-0.2, -0.15) is 0 Å². The summed E-state index contributed by atoms with van der Waals surface area (Å²) in [6.07, 6.45) is 0. The van der Waals surface area contributed by atoms with Gasteiger partial charge in [-0.1, -0.05) is 30.3 Å². The number of hydrogen-bond acceptors (Lipinski definition) is 4. The summed E-state index contributed by atoms with van der Waals surface area (Å²) in [6, 6.07) is 11.2. The van der Waals surface area contributed by atoms with Gasteiger partial charge in [0.2, 0.25) is 0 Å². The van der Waals surface area contributed by atoms with E-state index >= 15 is 0 Å². The second-order valence-electron chi connectivity index (χ2n) is 3.51. The van der Waals surface area contributed by atoms with E-state index in [0.29, 0.717) is 17.1 Å². The summed E-state index contributed by atoms with van der Waals surface area (Å²) in [4.78, 5) is 11.5. The highest BCUT2D eigenvalue weighted by Gasteiger charge is 2.17. The zero-order chi connectivity index (χ0) is 12.3. The third-order valence-electron chi connectivity index (χ3n) is 2.46. The lowest BCUT2D eigenvalue weighted by Gasteiger charge is -1.96. The molecule has 0 unspecified atom stereocenters. The molecule has 0 bridgehead atoms. The highest BCUT2D eigenvalue weighted by atomic mass is 16.5. The molecule has 2 aromatic rings. The Morgan fingerprint density at radius 1 is 1.35 bits per heavy atom. The predicted octanol–water partition coefficient (Wildman–Crippen LogP) is 2.19. The van der Waals surface area contributed by atoms with E-state index < -0.39 is 5.97 Å². The summed E-state index contributed by atoms with van der Waals surface area (Å²) in [5.41, 5.74) is 6.82. The molecule has 1 aromatic heterocycles. The van der Waals surface area contributed by atoms with Gasteiger partial charge >= 0.3 is 5.97 Å². The van der Waals surface area contributed by atoms with Crippen molar-refractivity contribution in [2.75, 3.05) is 7.11 Å². The van der Waals surface area contributed by atoms with Crippen molar-refractivity contribution in [3.8, 4) is 11.3 Å². The minimum absolute atomic E-state index is 0.164. The monoisotopic (exact) mass is 231 g/mol. The van der Waals surface area contributed by atoms with Crippen LogP contribution in [0.1, 0.15) is 16.1 Å². The highest BCUT2D eigenvalue weighted by molar-refractivity contribution is 5.91. The third kappa shape index (κ3) is 2.21. The smallest absolute Gasteiger partial charge is 0.341 e. The first-order valence-corrected chi connectivity index (χ1v) is 5.22. The first kappa shape index (κ1) is 11.4. The number of carbonyl (C=O) groups excluding carboxylic acids is 1. The Balaban J connectivity index is 2.45. The van der Waals surface area contributed by atoms with Crippen molar-refractivity contribution in [2.24, 2.45) is 5.73 Å². The molecule has 2 rings (SSSR count). The van der Waals surface area contributed by atoms with Gasteiger partial charge < -0.3 is 14.9 Å². The van der Waals surface area contributed by atoms with E-state index in [1.165, 1.54) is 7.11 Å².